The Labute approximate surface area is 166 Å². The van der Waals surface area contributed by atoms with Crippen molar-refractivity contribution in [1.29, 1.82) is 0 Å². The number of hydrogen-bond donors (Lipinski definition) is 1. The summed E-state index contributed by atoms with van der Waals surface area (Å²) in [6, 6.07) is 3.38. The fourth-order valence-electron chi connectivity index (χ4n) is 3.74. The molecular formula is C17H27Cl2N3O4. The molecule has 1 aliphatic heterocycles. The lowest BCUT2D eigenvalue weighted by Gasteiger charge is -2.43. The molecule has 1 saturated heterocycles. The number of hydrogen-bond acceptors (Lipinski definition) is 6. The van der Waals surface area contributed by atoms with Gasteiger partial charge in [0.25, 0.3) is 5.69 Å². The average molecular weight is 408 g/mol. The second-order valence-corrected chi connectivity index (χ2v) is 6.44. The zero-order chi connectivity index (χ0) is 17.1. The van der Waals surface area contributed by atoms with E-state index in [-0.39, 0.29) is 41.5 Å². The Hall–Kier alpha value is -1.28. The van der Waals surface area contributed by atoms with Crippen LogP contribution in [0.5, 0.6) is 11.5 Å². The summed E-state index contributed by atoms with van der Waals surface area (Å²) in [5.41, 5.74) is 0.882. The van der Waals surface area contributed by atoms with Crippen molar-refractivity contribution in [1.82, 2.24) is 10.2 Å². The van der Waals surface area contributed by atoms with Gasteiger partial charge < -0.3 is 14.8 Å². The lowest BCUT2D eigenvalue weighted by atomic mass is 9.75. The molecular weight excluding hydrogens is 381 g/mol. The molecule has 0 amide bonds. The number of nitro groups is 1. The van der Waals surface area contributed by atoms with Crippen LogP contribution in [0.2, 0.25) is 0 Å². The van der Waals surface area contributed by atoms with E-state index in [9.17, 15) is 10.1 Å². The monoisotopic (exact) mass is 407 g/mol. The first kappa shape index (κ1) is 22.8. The summed E-state index contributed by atoms with van der Waals surface area (Å²) in [4.78, 5) is 13.8. The van der Waals surface area contributed by atoms with Gasteiger partial charge >= 0.3 is 0 Å². The molecule has 0 radical (unpaired) electrons. The molecule has 7 nitrogen and oxygen atoms in total. The highest BCUT2D eigenvalue weighted by Crippen LogP contribution is 2.47. The van der Waals surface area contributed by atoms with E-state index in [4.69, 9.17) is 9.47 Å². The Morgan fingerprint density at radius 2 is 1.73 bits per heavy atom. The molecule has 148 valence electrons. The first-order chi connectivity index (χ1) is 11.7. The van der Waals surface area contributed by atoms with Crippen LogP contribution in [0.15, 0.2) is 12.1 Å². The maximum Gasteiger partial charge on any atom is 0.278 e. The molecule has 1 N–H and O–H groups in total. The molecule has 0 aromatic heterocycles. The molecule has 0 unspecified atom stereocenters. The van der Waals surface area contributed by atoms with Crippen molar-refractivity contribution >= 4 is 30.5 Å². The van der Waals surface area contributed by atoms with Crippen LogP contribution in [0.1, 0.15) is 30.9 Å². The highest BCUT2D eigenvalue weighted by molar-refractivity contribution is 5.85. The van der Waals surface area contributed by atoms with Gasteiger partial charge in [-0.1, -0.05) is 6.42 Å². The van der Waals surface area contributed by atoms with Gasteiger partial charge in [-0.05, 0) is 24.8 Å². The van der Waals surface area contributed by atoms with E-state index in [1.807, 2.05) is 6.07 Å². The maximum absolute atomic E-state index is 11.7. The third kappa shape index (κ3) is 4.52. The summed E-state index contributed by atoms with van der Waals surface area (Å²) in [5, 5.41) is 15.0. The Morgan fingerprint density at radius 3 is 2.19 bits per heavy atom. The fraction of sp³-hybridized carbons (Fsp3) is 0.647. The summed E-state index contributed by atoms with van der Waals surface area (Å²) in [5.74, 6) is 1.43. The van der Waals surface area contributed by atoms with Gasteiger partial charge in [-0.3, -0.25) is 15.0 Å². The van der Waals surface area contributed by atoms with Crippen molar-refractivity contribution in [3.63, 3.8) is 0 Å². The van der Waals surface area contributed by atoms with Crippen LogP contribution < -0.4 is 14.8 Å². The molecule has 3 rings (SSSR count). The summed E-state index contributed by atoms with van der Waals surface area (Å²) in [7, 11) is 3.07. The highest BCUT2D eigenvalue weighted by Gasteiger charge is 2.38. The summed E-state index contributed by atoms with van der Waals surface area (Å²) >= 11 is 0. The molecule has 9 heteroatoms. The summed E-state index contributed by atoms with van der Waals surface area (Å²) in [6.45, 7) is 3.66. The molecule has 26 heavy (non-hydrogen) atoms. The molecule has 0 bridgehead atoms. The minimum absolute atomic E-state index is 0. The molecule has 1 atom stereocenters. The Bertz CT molecular complexity index is 608. The van der Waals surface area contributed by atoms with E-state index in [0.717, 1.165) is 44.6 Å². The third-order valence-electron chi connectivity index (χ3n) is 5.19. The van der Waals surface area contributed by atoms with Crippen LogP contribution in [-0.2, 0) is 0 Å². The van der Waals surface area contributed by atoms with Crippen LogP contribution in [-0.4, -0.2) is 50.2 Å². The first-order valence-electron chi connectivity index (χ1n) is 8.50. The van der Waals surface area contributed by atoms with Crippen LogP contribution in [0.3, 0.4) is 0 Å². The lowest BCUT2D eigenvalue weighted by Crippen LogP contribution is -2.48. The largest absolute Gasteiger partial charge is 0.493 e. The van der Waals surface area contributed by atoms with E-state index in [0.29, 0.717) is 17.4 Å². The number of ether oxygens (including phenoxy) is 2. The van der Waals surface area contributed by atoms with Crippen molar-refractivity contribution in [2.45, 2.75) is 25.3 Å². The van der Waals surface area contributed by atoms with Gasteiger partial charge in [0.05, 0.1) is 30.8 Å². The topological polar surface area (TPSA) is 76.9 Å². The van der Waals surface area contributed by atoms with Gasteiger partial charge in [-0.2, -0.15) is 0 Å². The van der Waals surface area contributed by atoms with Gasteiger partial charge in [0.1, 0.15) is 0 Å². The predicted octanol–water partition coefficient (Wildman–Crippen LogP) is 3.20. The second kappa shape index (κ2) is 10.2. The van der Waals surface area contributed by atoms with Crippen molar-refractivity contribution < 1.29 is 14.4 Å². The average Bonchev–Trinajstić information content (AvgIpc) is 2.57. The number of nitrogens with zero attached hydrogens (tertiary/aromatic N) is 2. The molecule has 1 saturated carbocycles. The summed E-state index contributed by atoms with van der Waals surface area (Å²) < 4.78 is 10.7. The second-order valence-electron chi connectivity index (χ2n) is 6.44. The van der Waals surface area contributed by atoms with E-state index in [2.05, 4.69) is 10.2 Å². The smallest absolute Gasteiger partial charge is 0.278 e. The Balaban J connectivity index is 0.00000169. The quantitative estimate of drug-likeness (QED) is 0.576. The number of benzene rings is 1. The molecule has 1 heterocycles. The van der Waals surface area contributed by atoms with Crippen LogP contribution >= 0.6 is 24.8 Å². The first-order valence-corrected chi connectivity index (χ1v) is 8.50. The van der Waals surface area contributed by atoms with Gasteiger partial charge in [-0.15, -0.1) is 24.8 Å². The Morgan fingerprint density at radius 1 is 1.15 bits per heavy atom. The molecule has 1 aromatic rings. The minimum atomic E-state index is -0.300. The van der Waals surface area contributed by atoms with Crippen molar-refractivity contribution in [3.8, 4) is 11.5 Å². The molecule has 1 aromatic carbocycles. The normalized spacial score (nSPS) is 18.7. The SMILES string of the molecule is COc1cc([C@@H](C2CCC2)N2CCNCC2)c([N+](=O)[O-])cc1OC.Cl.Cl. The predicted molar refractivity (Wildman–Crippen MR) is 105 cm³/mol. The number of halogens is 2. The van der Waals surface area contributed by atoms with Crippen molar-refractivity contribution in [3.05, 3.63) is 27.8 Å². The van der Waals surface area contributed by atoms with E-state index >= 15 is 0 Å². The number of rotatable bonds is 6. The third-order valence-corrected chi connectivity index (χ3v) is 5.19. The fourth-order valence-corrected chi connectivity index (χ4v) is 3.74. The van der Waals surface area contributed by atoms with E-state index in [1.165, 1.54) is 19.6 Å². The van der Waals surface area contributed by atoms with Gasteiger partial charge in [-0.25, -0.2) is 0 Å². The van der Waals surface area contributed by atoms with Gasteiger partial charge in [0.2, 0.25) is 0 Å². The van der Waals surface area contributed by atoms with E-state index in [1.54, 1.807) is 7.11 Å². The summed E-state index contributed by atoms with van der Waals surface area (Å²) in [6.07, 6.45) is 3.45. The molecule has 0 spiro atoms. The maximum atomic E-state index is 11.7. The number of nitro benzene ring substituents is 1. The number of nitrogens with one attached hydrogen (secondary N) is 1. The molecule has 2 aliphatic rings. The zero-order valence-corrected chi connectivity index (χ0v) is 16.7. The standard InChI is InChI=1S/C17H25N3O4.2ClH/c1-23-15-10-13(14(20(21)22)11-16(15)24-2)17(12-4-3-5-12)19-8-6-18-7-9-19;;/h10-12,17-18H,3-9H2,1-2H3;2*1H/t17-;;/m1../s1. The van der Waals surface area contributed by atoms with Crippen LogP contribution in [0.25, 0.3) is 0 Å². The lowest BCUT2D eigenvalue weighted by molar-refractivity contribution is -0.386. The zero-order valence-electron chi connectivity index (χ0n) is 15.1. The molecule has 1 aliphatic carbocycles. The number of methoxy groups -OCH3 is 2. The van der Waals surface area contributed by atoms with E-state index < -0.39 is 0 Å². The van der Waals surface area contributed by atoms with Crippen LogP contribution in [0, 0.1) is 16.0 Å². The Kier molecular flexibility index (Phi) is 8.89. The van der Waals surface area contributed by atoms with Crippen molar-refractivity contribution in [2.75, 3.05) is 40.4 Å². The minimum Gasteiger partial charge on any atom is -0.493 e. The molecule has 2 fully saturated rings. The van der Waals surface area contributed by atoms with Gasteiger partial charge in [0.15, 0.2) is 11.5 Å². The van der Waals surface area contributed by atoms with Crippen molar-refractivity contribution in [2.24, 2.45) is 5.92 Å². The van der Waals surface area contributed by atoms with Gasteiger partial charge in [0, 0.05) is 32.2 Å². The number of piperazine rings is 1. The van der Waals surface area contributed by atoms with Crippen LogP contribution in [0.4, 0.5) is 5.69 Å². The highest BCUT2D eigenvalue weighted by atomic mass is 35.5.